The van der Waals surface area contributed by atoms with Gasteiger partial charge in [-0.3, -0.25) is 9.59 Å². The molecule has 1 aromatic heterocycles. The number of nitrogen functional groups attached to an aromatic ring is 1. The maximum atomic E-state index is 13.0. The van der Waals surface area contributed by atoms with Gasteiger partial charge in [0.1, 0.15) is 5.70 Å². The van der Waals surface area contributed by atoms with Crippen molar-refractivity contribution in [3.8, 4) is 0 Å². The molecule has 31 heavy (non-hydrogen) atoms. The highest BCUT2D eigenvalue weighted by Crippen LogP contribution is 2.20. The molecule has 0 aliphatic rings. The first-order valence-electron chi connectivity index (χ1n) is 9.87. The molecular weight excluding hydrogens is 388 g/mol. The summed E-state index contributed by atoms with van der Waals surface area (Å²) in [5.74, 6) is -0.765. The quantitative estimate of drug-likeness (QED) is 0.287. The van der Waals surface area contributed by atoms with Crippen LogP contribution in [-0.4, -0.2) is 16.8 Å². The summed E-state index contributed by atoms with van der Waals surface area (Å²) in [4.78, 5) is 28.9. The minimum absolute atomic E-state index is 0.146. The molecular formula is C25H22N4O2. The lowest BCUT2D eigenvalue weighted by molar-refractivity contribution is -0.117. The number of anilines is 1. The van der Waals surface area contributed by atoms with E-state index in [0.717, 1.165) is 22.0 Å². The van der Waals surface area contributed by atoms with E-state index in [-0.39, 0.29) is 18.1 Å². The zero-order valence-electron chi connectivity index (χ0n) is 16.8. The summed E-state index contributed by atoms with van der Waals surface area (Å²) < 4.78 is 0. The first-order chi connectivity index (χ1) is 15.1. The van der Waals surface area contributed by atoms with Crippen LogP contribution in [0, 0.1) is 0 Å². The summed E-state index contributed by atoms with van der Waals surface area (Å²) in [6.45, 7) is 0.248. The normalized spacial score (nSPS) is 11.3. The zero-order chi connectivity index (χ0) is 21.6. The van der Waals surface area contributed by atoms with Crippen molar-refractivity contribution in [3.63, 3.8) is 0 Å². The molecule has 6 nitrogen and oxygen atoms in total. The van der Waals surface area contributed by atoms with Crippen molar-refractivity contribution in [2.45, 2.75) is 6.54 Å². The van der Waals surface area contributed by atoms with E-state index in [1.54, 1.807) is 36.4 Å². The smallest absolute Gasteiger partial charge is 0.268 e. The topological polar surface area (TPSA) is 100 Å². The number of carbonyl (C=O) groups excluding carboxylic acids is 2. The van der Waals surface area contributed by atoms with Gasteiger partial charge in [0, 0.05) is 40.5 Å². The Morgan fingerprint density at radius 2 is 1.61 bits per heavy atom. The van der Waals surface area contributed by atoms with E-state index in [4.69, 9.17) is 5.73 Å². The third-order valence-corrected chi connectivity index (χ3v) is 4.94. The van der Waals surface area contributed by atoms with Gasteiger partial charge in [-0.15, -0.1) is 0 Å². The molecule has 0 aliphatic heterocycles. The van der Waals surface area contributed by atoms with Gasteiger partial charge in [-0.05, 0) is 35.9 Å². The molecule has 2 amide bonds. The van der Waals surface area contributed by atoms with Crippen molar-refractivity contribution in [2.24, 2.45) is 0 Å². The fourth-order valence-electron chi connectivity index (χ4n) is 3.28. The highest BCUT2D eigenvalue weighted by Gasteiger charge is 2.16. The number of H-pyrrole nitrogens is 1. The Labute approximate surface area is 179 Å². The molecule has 154 valence electrons. The number of nitrogens with two attached hydrogens (primary N) is 1. The largest absolute Gasteiger partial charge is 0.398 e. The molecule has 0 saturated heterocycles. The van der Waals surface area contributed by atoms with Crippen LogP contribution in [0.15, 0.2) is 90.8 Å². The molecule has 4 rings (SSSR count). The minimum atomic E-state index is -0.405. The maximum absolute atomic E-state index is 13.0. The van der Waals surface area contributed by atoms with Crippen LogP contribution in [0.5, 0.6) is 0 Å². The van der Waals surface area contributed by atoms with Crippen LogP contribution in [0.1, 0.15) is 21.5 Å². The Morgan fingerprint density at radius 3 is 2.42 bits per heavy atom. The Kier molecular flexibility index (Phi) is 5.80. The van der Waals surface area contributed by atoms with Crippen molar-refractivity contribution >= 4 is 34.5 Å². The van der Waals surface area contributed by atoms with Gasteiger partial charge in [-0.1, -0.05) is 54.6 Å². The van der Waals surface area contributed by atoms with Crippen molar-refractivity contribution in [2.75, 3.05) is 5.73 Å². The number of rotatable bonds is 6. The lowest BCUT2D eigenvalue weighted by Gasteiger charge is -2.12. The van der Waals surface area contributed by atoms with Crippen molar-refractivity contribution < 1.29 is 9.59 Å². The van der Waals surface area contributed by atoms with E-state index in [2.05, 4.69) is 15.6 Å². The number of hydrogen-bond donors (Lipinski definition) is 4. The van der Waals surface area contributed by atoms with E-state index < -0.39 is 5.91 Å². The number of aromatic nitrogens is 1. The molecule has 0 aliphatic carbocycles. The molecule has 6 heteroatoms. The van der Waals surface area contributed by atoms with Gasteiger partial charge in [0.2, 0.25) is 0 Å². The highest BCUT2D eigenvalue weighted by molar-refractivity contribution is 6.06. The average Bonchev–Trinajstić information content (AvgIpc) is 3.21. The van der Waals surface area contributed by atoms with Crippen LogP contribution in [0.3, 0.4) is 0 Å². The summed E-state index contributed by atoms with van der Waals surface area (Å²) in [7, 11) is 0. The predicted molar refractivity (Wildman–Crippen MR) is 123 cm³/mol. The number of amides is 2. The van der Waals surface area contributed by atoms with Crippen LogP contribution in [0.2, 0.25) is 0 Å². The van der Waals surface area contributed by atoms with Gasteiger partial charge in [0.15, 0.2) is 0 Å². The first kappa shape index (κ1) is 20.0. The molecule has 0 radical (unpaired) electrons. The van der Waals surface area contributed by atoms with E-state index in [1.165, 1.54) is 0 Å². The number of aromatic amines is 1. The number of nitrogens with one attached hydrogen (secondary N) is 3. The number of para-hydroxylation sites is 2. The second kappa shape index (κ2) is 9.00. The van der Waals surface area contributed by atoms with Crippen molar-refractivity contribution in [3.05, 3.63) is 107 Å². The molecule has 3 aromatic carbocycles. The molecule has 0 atom stereocenters. The Balaban J connectivity index is 1.62. The average molecular weight is 410 g/mol. The molecule has 0 fully saturated rings. The van der Waals surface area contributed by atoms with Crippen LogP contribution in [-0.2, 0) is 11.3 Å². The second-order valence-electron chi connectivity index (χ2n) is 7.05. The van der Waals surface area contributed by atoms with E-state index in [9.17, 15) is 9.59 Å². The monoisotopic (exact) mass is 410 g/mol. The van der Waals surface area contributed by atoms with Gasteiger partial charge in [-0.25, -0.2) is 0 Å². The van der Waals surface area contributed by atoms with E-state index in [0.29, 0.717) is 11.3 Å². The Bertz CT molecular complexity index is 1260. The maximum Gasteiger partial charge on any atom is 0.268 e. The van der Waals surface area contributed by atoms with Crippen LogP contribution in [0.4, 0.5) is 5.69 Å². The standard InChI is InChI=1S/C25H22N4O2/c26-21-12-6-4-10-18(21)15-28-25(31)23(29-24(30)17-8-2-1-3-9-17)14-19-16-27-22-13-7-5-11-20(19)22/h1-14,16,27H,15,26H2,(H,28,31)(H,29,30)/b23-14-. The van der Waals surface area contributed by atoms with Gasteiger partial charge in [0.05, 0.1) is 0 Å². The third kappa shape index (κ3) is 4.64. The molecule has 0 unspecified atom stereocenters. The Hall–Kier alpha value is -4.32. The summed E-state index contributed by atoms with van der Waals surface area (Å²) in [6.07, 6.45) is 3.48. The van der Waals surface area contributed by atoms with Crippen LogP contribution >= 0.6 is 0 Å². The van der Waals surface area contributed by atoms with Gasteiger partial charge in [-0.2, -0.15) is 0 Å². The van der Waals surface area contributed by atoms with Crippen molar-refractivity contribution in [1.82, 2.24) is 15.6 Å². The van der Waals surface area contributed by atoms with Crippen molar-refractivity contribution in [1.29, 1.82) is 0 Å². The summed E-state index contributed by atoms with van der Waals surface area (Å²) >= 11 is 0. The van der Waals surface area contributed by atoms with E-state index >= 15 is 0 Å². The first-order valence-corrected chi connectivity index (χ1v) is 9.87. The van der Waals surface area contributed by atoms with Gasteiger partial charge < -0.3 is 21.4 Å². The zero-order valence-corrected chi connectivity index (χ0v) is 16.8. The number of fused-ring (bicyclic) bond motifs is 1. The van der Waals surface area contributed by atoms with Gasteiger partial charge >= 0.3 is 0 Å². The SMILES string of the molecule is Nc1ccccc1CNC(=O)/C(=C/c1c[nH]c2ccccc12)NC(=O)c1ccccc1. The number of carbonyl (C=O) groups is 2. The molecule has 0 bridgehead atoms. The van der Waals surface area contributed by atoms with Gasteiger partial charge in [0.25, 0.3) is 11.8 Å². The Morgan fingerprint density at radius 1 is 0.903 bits per heavy atom. The molecule has 5 N–H and O–H groups in total. The number of hydrogen-bond acceptors (Lipinski definition) is 3. The summed E-state index contributed by atoms with van der Waals surface area (Å²) in [5.41, 5.74) is 9.73. The third-order valence-electron chi connectivity index (χ3n) is 4.94. The summed E-state index contributed by atoms with van der Waals surface area (Å²) in [6, 6.07) is 23.9. The predicted octanol–water partition coefficient (Wildman–Crippen LogP) is 3.84. The molecule has 0 saturated carbocycles. The number of benzene rings is 3. The molecule has 4 aromatic rings. The van der Waals surface area contributed by atoms with Crippen LogP contribution in [0.25, 0.3) is 17.0 Å². The summed E-state index contributed by atoms with van der Waals surface area (Å²) in [5, 5.41) is 6.55. The minimum Gasteiger partial charge on any atom is -0.398 e. The van der Waals surface area contributed by atoms with E-state index in [1.807, 2.05) is 54.7 Å². The fourth-order valence-corrected chi connectivity index (χ4v) is 3.28. The van der Waals surface area contributed by atoms with Crippen LogP contribution < -0.4 is 16.4 Å². The molecule has 1 heterocycles. The fraction of sp³-hybridized carbons (Fsp3) is 0.0400. The highest BCUT2D eigenvalue weighted by atomic mass is 16.2. The lowest BCUT2D eigenvalue weighted by Crippen LogP contribution is -2.34. The molecule has 0 spiro atoms. The lowest BCUT2D eigenvalue weighted by atomic mass is 10.1. The second-order valence-corrected chi connectivity index (χ2v) is 7.05.